The minimum Gasteiger partial charge on any atom is -0.480 e. The Hall–Kier alpha value is -2.38. The summed E-state index contributed by atoms with van der Waals surface area (Å²) in [5.74, 6) is -1.17. The number of nitrogens with one attached hydrogen (secondary N) is 2. The largest absolute Gasteiger partial charge is 0.480 e. The van der Waals surface area contributed by atoms with E-state index in [1.165, 1.54) is 6.33 Å². The highest BCUT2D eigenvalue weighted by molar-refractivity contribution is 5.85. The van der Waals surface area contributed by atoms with Crippen molar-refractivity contribution in [3.8, 4) is 0 Å². The van der Waals surface area contributed by atoms with Crippen LogP contribution in [0.4, 0.5) is 0 Å². The highest BCUT2D eigenvalue weighted by Gasteiger charge is 2.33. The van der Waals surface area contributed by atoms with E-state index in [2.05, 4.69) is 15.3 Å². The summed E-state index contributed by atoms with van der Waals surface area (Å²) in [4.78, 5) is 44.9. The van der Waals surface area contributed by atoms with Crippen LogP contribution in [0.25, 0.3) is 0 Å². The van der Waals surface area contributed by atoms with Crippen LogP contribution in [0.5, 0.6) is 0 Å². The third-order valence-corrected chi connectivity index (χ3v) is 5.48. The van der Waals surface area contributed by atoms with Crippen LogP contribution in [0.1, 0.15) is 44.2 Å². The molecule has 0 bridgehead atoms. The van der Waals surface area contributed by atoms with Crippen LogP contribution >= 0.6 is 0 Å². The van der Waals surface area contributed by atoms with E-state index in [9.17, 15) is 19.5 Å². The van der Waals surface area contributed by atoms with Crippen LogP contribution in [0, 0.1) is 11.8 Å². The number of hydrogen-bond acceptors (Lipinski definition) is 4. The minimum atomic E-state index is -1.07. The van der Waals surface area contributed by atoms with Gasteiger partial charge in [0.2, 0.25) is 11.8 Å². The molecule has 8 heteroatoms. The van der Waals surface area contributed by atoms with E-state index in [1.807, 2.05) is 4.90 Å². The monoisotopic (exact) mass is 362 g/mol. The number of carbonyl (C=O) groups excluding carboxylic acids is 2. The fraction of sp³-hybridized carbons (Fsp3) is 0.667. The molecule has 142 valence electrons. The molecule has 1 saturated heterocycles. The zero-order chi connectivity index (χ0) is 18.5. The van der Waals surface area contributed by atoms with Gasteiger partial charge in [-0.05, 0) is 25.7 Å². The molecule has 1 unspecified atom stereocenters. The van der Waals surface area contributed by atoms with Crippen LogP contribution in [-0.2, 0) is 20.8 Å². The first kappa shape index (κ1) is 18.4. The number of amides is 2. The maximum atomic E-state index is 12.5. The van der Waals surface area contributed by atoms with E-state index in [1.54, 1.807) is 6.20 Å². The Labute approximate surface area is 152 Å². The zero-order valence-corrected chi connectivity index (χ0v) is 14.8. The van der Waals surface area contributed by atoms with Crippen molar-refractivity contribution in [2.45, 2.75) is 51.0 Å². The third kappa shape index (κ3) is 4.42. The van der Waals surface area contributed by atoms with Gasteiger partial charge in [-0.25, -0.2) is 9.78 Å². The molecule has 1 saturated carbocycles. The topological polar surface area (TPSA) is 115 Å². The number of rotatable bonds is 6. The summed E-state index contributed by atoms with van der Waals surface area (Å²) in [5, 5.41) is 12.0. The molecule has 2 heterocycles. The zero-order valence-electron chi connectivity index (χ0n) is 14.8. The molecule has 1 aromatic rings. The fourth-order valence-electron chi connectivity index (χ4n) is 3.90. The third-order valence-electron chi connectivity index (χ3n) is 5.48. The Morgan fingerprint density at radius 1 is 1.19 bits per heavy atom. The van der Waals surface area contributed by atoms with Crippen molar-refractivity contribution < 1.29 is 19.5 Å². The van der Waals surface area contributed by atoms with Crippen LogP contribution in [-0.4, -0.2) is 56.9 Å². The number of aromatic amines is 1. The SMILES string of the molecule is O=C(NC(Cc1cnc[nH]1)C(=O)O)C1CCN(C(=O)C2CCCC2)CC1. The van der Waals surface area contributed by atoms with E-state index < -0.39 is 12.0 Å². The van der Waals surface area contributed by atoms with Crippen molar-refractivity contribution in [1.29, 1.82) is 0 Å². The maximum absolute atomic E-state index is 12.5. The number of likely N-dealkylation sites (tertiary alicyclic amines) is 1. The van der Waals surface area contributed by atoms with Crippen LogP contribution < -0.4 is 5.32 Å². The summed E-state index contributed by atoms with van der Waals surface area (Å²) in [7, 11) is 0. The fourth-order valence-corrected chi connectivity index (χ4v) is 3.90. The number of nitrogens with zero attached hydrogens (tertiary/aromatic N) is 2. The van der Waals surface area contributed by atoms with Crippen molar-refractivity contribution >= 4 is 17.8 Å². The lowest BCUT2D eigenvalue weighted by atomic mass is 9.94. The summed E-state index contributed by atoms with van der Waals surface area (Å²) in [5.41, 5.74) is 0.662. The first-order valence-corrected chi connectivity index (χ1v) is 9.34. The van der Waals surface area contributed by atoms with Gasteiger partial charge in [0, 0.05) is 43.2 Å². The standard InChI is InChI=1S/C18H26N4O4/c23-16(21-15(18(25)26)9-14-10-19-11-20-14)12-5-7-22(8-6-12)17(24)13-3-1-2-4-13/h10-13,15H,1-9H2,(H,19,20)(H,21,23)(H,25,26). The average molecular weight is 362 g/mol. The molecule has 2 aliphatic rings. The summed E-state index contributed by atoms with van der Waals surface area (Å²) in [6.45, 7) is 1.15. The molecule has 0 radical (unpaired) electrons. The van der Waals surface area contributed by atoms with E-state index in [0.717, 1.165) is 25.7 Å². The van der Waals surface area contributed by atoms with Crippen LogP contribution in [0.3, 0.4) is 0 Å². The predicted molar refractivity (Wildman–Crippen MR) is 93.1 cm³/mol. The summed E-state index contributed by atoms with van der Waals surface area (Å²) in [6.07, 6.45) is 8.58. The number of carboxylic acid groups (broad SMARTS) is 1. The Balaban J connectivity index is 1.49. The van der Waals surface area contributed by atoms with Gasteiger partial charge in [-0.2, -0.15) is 0 Å². The number of H-pyrrole nitrogens is 1. The minimum absolute atomic E-state index is 0.158. The van der Waals surface area contributed by atoms with Crippen molar-refractivity contribution in [2.24, 2.45) is 11.8 Å². The molecule has 8 nitrogen and oxygen atoms in total. The Kier molecular flexibility index (Phi) is 5.90. The number of hydrogen-bond donors (Lipinski definition) is 3. The summed E-state index contributed by atoms with van der Waals surface area (Å²) < 4.78 is 0. The molecule has 1 aromatic heterocycles. The van der Waals surface area contributed by atoms with Gasteiger partial charge in [0.15, 0.2) is 0 Å². The van der Waals surface area contributed by atoms with E-state index in [-0.39, 0.29) is 30.1 Å². The molecule has 2 fully saturated rings. The molecule has 3 N–H and O–H groups in total. The van der Waals surface area contributed by atoms with Crippen molar-refractivity contribution in [3.05, 3.63) is 18.2 Å². The lowest BCUT2D eigenvalue weighted by Gasteiger charge is -2.33. The van der Waals surface area contributed by atoms with Gasteiger partial charge in [-0.1, -0.05) is 12.8 Å². The van der Waals surface area contributed by atoms with Gasteiger partial charge in [0.05, 0.1) is 6.33 Å². The first-order valence-electron chi connectivity index (χ1n) is 9.34. The molecule has 1 atom stereocenters. The van der Waals surface area contributed by atoms with E-state index in [0.29, 0.717) is 31.6 Å². The Morgan fingerprint density at radius 2 is 1.88 bits per heavy atom. The summed E-state index contributed by atoms with van der Waals surface area (Å²) >= 11 is 0. The van der Waals surface area contributed by atoms with E-state index in [4.69, 9.17) is 0 Å². The van der Waals surface area contributed by atoms with Gasteiger partial charge in [0.25, 0.3) is 0 Å². The number of aliphatic carboxylic acids is 1. The predicted octanol–water partition coefficient (Wildman–Crippen LogP) is 0.950. The van der Waals surface area contributed by atoms with Crippen LogP contribution in [0.15, 0.2) is 12.5 Å². The van der Waals surface area contributed by atoms with Crippen molar-refractivity contribution in [1.82, 2.24) is 20.2 Å². The second kappa shape index (κ2) is 8.33. The van der Waals surface area contributed by atoms with Gasteiger partial charge in [-0.15, -0.1) is 0 Å². The Bertz CT molecular complexity index is 632. The van der Waals surface area contributed by atoms with Gasteiger partial charge in [0.1, 0.15) is 6.04 Å². The highest BCUT2D eigenvalue weighted by Crippen LogP contribution is 2.28. The molecule has 1 aliphatic carbocycles. The molecule has 1 aliphatic heterocycles. The molecule has 0 spiro atoms. The van der Waals surface area contributed by atoms with Crippen molar-refractivity contribution in [3.63, 3.8) is 0 Å². The summed E-state index contributed by atoms with van der Waals surface area (Å²) in [6, 6.07) is -0.985. The normalized spacial score (nSPS) is 20.1. The highest BCUT2D eigenvalue weighted by atomic mass is 16.4. The molecule has 3 rings (SSSR count). The van der Waals surface area contributed by atoms with Gasteiger partial charge < -0.3 is 20.3 Å². The maximum Gasteiger partial charge on any atom is 0.326 e. The number of piperidine rings is 1. The smallest absolute Gasteiger partial charge is 0.326 e. The van der Waals surface area contributed by atoms with E-state index >= 15 is 0 Å². The number of imidazole rings is 1. The molecule has 0 aromatic carbocycles. The molecular weight excluding hydrogens is 336 g/mol. The lowest BCUT2D eigenvalue weighted by molar-refractivity contribution is -0.143. The van der Waals surface area contributed by atoms with Gasteiger partial charge in [-0.3, -0.25) is 9.59 Å². The number of aromatic nitrogens is 2. The molecule has 26 heavy (non-hydrogen) atoms. The van der Waals surface area contributed by atoms with Crippen molar-refractivity contribution in [2.75, 3.05) is 13.1 Å². The second-order valence-corrected chi connectivity index (χ2v) is 7.26. The molecule has 2 amide bonds. The molecular formula is C18H26N4O4. The number of carboxylic acids is 1. The van der Waals surface area contributed by atoms with Crippen LogP contribution in [0.2, 0.25) is 0 Å². The number of carbonyl (C=O) groups is 3. The Morgan fingerprint density at radius 3 is 2.46 bits per heavy atom. The van der Waals surface area contributed by atoms with Gasteiger partial charge >= 0.3 is 5.97 Å². The lowest BCUT2D eigenvalue weighted by Crippen LogP contribution is -2.48. The first-order chi connectivity index (χ1) is 12.5. The quantitative estimate of drug-likeness (QED) is 0.697. The second-order valence-electron chi connectivity index (χ2n) is 7.26. The average Bonchev–Trinajstić information content (AvgIpc) is 3.34.